The van der Waals surface area contributed by atoms with Gasteiger partial charge in [0, 0.05) is 7.05 Å². The van der Waals surface area contributed by atoms with Crippen molar-refractivity contribution in [1.29, 1.82) is 0 Å². The summed E-state index contributed by atoms with van der Waals surface area (Å²) in [5, 5.41) is 8.13. The molecule has 1 aromatic carbocycles. The van der Waals surface area contributed by atoms with Crippen LogP contribution in [0.15, 0.2) is 35.3 Å². The second kappa shape index (κ2) is 4.04. The quantitative estimate of drug-likeness (QED) is 0.691. The first-order valence-corrected chi connectivity index (χ1v) is 4.73. The van der Waals surface area contributed by atoms with Crippen molar-refractivity contribution in [2.45, 2.75) is 6.92 Å². The van der Waals surface area contributed by atoms with Crippen molar-refractivity contribution in [2.75, 3.05) is 7.05 Å². The Bertz CT molecular complexity index is 471. The molecule has 4 heteroatoms. The SMILES string of the molecule is CN=Cc1nnn(-c2ccccc2)c1C. The summed E-state index contributed by atoms with van der Waals surface area (Å²) >= 11 is 0. The molecule has 0 amide bonds. The van der Waals surface area contributed by atoms with Crippen LogP contribution < -0.4 is 0 Å². The van der Waals surface area contributed by atoms with Gasteiger partial charge in [0.1, 0.15) is 5.69 Å². The molecule has 0 unspecified atom stereocenters. The molecule has 0 spiro atoms. The van der Waals surface area contributed by atoms with E-state index in [0.717, 1.165) is 17.1 Å². The number of aromatic nitrogens is 3. The Morgan fingerprint density at radius 2 is 2.00 bits per heavy atom. The molecule has 0 aliphatic carbocycles. The molecule has 0 fully saturated rings. The maximum absolute atomic E-state index is 4.08. The molecule has 0 saturated carbocycles. The molecular formula is C11H12N4. The highest BCUT2D eigenvalue weighted by Gasteiger charge is 2.06. The van der Waals surface area contributed by atoms with Gasteiger partial charge in [-0.15, -0.1) is 5.10 Å². The Labute approximate surface area is 88.3 Å². The molecule has 2 rings (SSSR count). The number of nitrogens with zero attached hydrogens (tertiary/aromatic N) is 4. The number of hydrogen-bond acceptors (Lipinski definition) is 3. The van der Waals surface area contributed by atoms with E-state index in [9.17, 15) is 0 Å². The lowest BCUT2D eigenvalue weighted by Gasteiger charge is -2.01. The Hall–Kier alpha value is -1.97. The van der Waals surface area contributed by atoms with Crippen molar-refractivity contribution < 1.29 is 0 Å². The van der Waals surface area contributed by atoms with E-state index in [4.69, 9.17) is 0 Å². The predicted molar refractivity (Wildman–Crippen MR) is 59.6 cm³/mol. The largest absolute Gasteiger partial charge is 0.294 e. The molecular weight excluding hydrogens is 188 g/mol. The van der Waals surface area contributed by atoms with E-state index < -0.39 is 0 Å². The molecule has 76 valence electrons. The fraction of sp³-hybridized carbons (Fsp3) is 0.182. The van der Waals surface area contributed by atoms with Crippen LogP contribution in [0.1, 0.15) is 11.4 Å². The minimum absolute atomic E-state index is 0.807. The lowest BCUT2D eigenvalue weighted by Crippen LogP contribution is -1.98. The van der Waals surface area contributed by atoms with Crippen LogP contribution >= 0.6 is 0 Å². The number of hydrogen-bond donors (Lipinski definition) is 0. The summed E-state index contributed by atoms with van der Waals surface area (Å²) in [7, 11) is 1.72. The third kappa shape index (κ3) is 1.79. The van der Waals surface area contributed by atoms with Gasteiger partial charge in [-0.25, -0.2) is 4.68 Å². The first-order valence-electron chi connectivity index (χ1n) is 4.73. The lowest BCUT2D eigenvalue weighted by molar-refractivity contribution is 0.785. The van der Waals surface area contributed by atoms with E-state index in [1.54, 1.807) is 17.9 Å². The Morgan fingerprint density at radius 1 is 1.27 bits per heavy atom. The maximum Gasteiger partial charge on any atom is 0.126 e. The number of aliphatic imine (C=N–C) groups is 1. The Balaban J connectivity index is 2.47. The zero-order valence-electron chi connectivity index (χ0n) is 8.75. The van der Waals surface area contributed by atoms with Gasteiger partial charge in [-0.2, -0.15) is 0 Å². The zero-order valence-corrected chi connectivity index (χ0v) is 8.75. The molecule has 4 nitrogen and oxygen atoms in total. The van der Waals surface area contributed by atoms with Crippen molar-refractivity contribution in [2.24, 2.45) is 4.99 Å². The van der Waals surface area contributed by atoms with Crippen molar-refractivity contribution in [3.63, 3.8) is 0 Å². The zero-order chi connectivity index (χ0) is 10.7. The molecule has 0 atom stereocenters. The van der Waals surface area contributed by atoms with Gasteiger partial charge in [0.15, 0.2) is 0 Å². The number of benzene rings is 1. The average Bonchev–Trinajstić information content (AvgIpc) is 2.63. The molecule has 0 aliphatic heterocycles. The second-order valence-electron chi connectivity index (χ2n) is 3.19. The van der Waals surface area contributed by atoms with Crippen LogP contribution in [0.3, 0.4) is 0 Å². The Kier molecular flexibility index (Phi) is 2.58. The maximum atomic E-state index is 4.08. The van der Waals surface area contributed by atoms with Crippen LogP contribution in [0.4, 0.5) is 0 Å². The summed E-state index contributed by atoms with van der Waals surface area (Å²) in [4.78, 5) is 3.93. The molecule has 0 bridgehead atoms. The van der Waals surface area contributed by atoms with E-state index in [2.05, 4.69) is 15.3 Å². The number of rotatable bonds is 2. The summed E-state index contributed by atoms with van der Waals surface area (Å²) in [6, 6.07) is 9.92. The third-order valence-electron chi connectivity index (χ3n) is 2.18. The molecule has 1 heterocycles. The summed E-state index contributed by atoms with van der Waals surface area (Å²) in [6.07, 6.45) is 1.71. The first-order chi connectivity index (χ1) is 7.33. The highest BCUT2D eigenvalue weighted by Crippen LogP contribution is 2.09. The van der Waals surface area contributed by atoms with Crippen molar-refractivity contribution in [3.05, 3.63) is 41.7 Å². The summed E-state index contributed by atoms with van der Waals surface area (Å²) in [5.41, 5.74) is 2.81. The lowest BCUT2D eigenvalue weighted by atomic mass is 10.3. The van der Waals surface area contributed by atoms with Crippen LogP contribution in [-0.2, 0) is 0 Å². The van der Waals surface area contributed by atoms with Crippen LogP contribution in [0, 0.1) is 6.92 Å². The first kappa shape index (κ1) is 9.58. The average molecular weight is 200 g/mol. The van der Waals surface area contributed by atoms with E-state index >= 15 is 0 Å². The van der Waals surface area contributed by atoms with Gasteiger partial charge in [-0.05, 0) is 19.1 Å². The molecule has 15 heavy (non-hydrogen) atoms. The Morgan fingerprint density at radius 3 is 2.67 bits per heavy atom. The summed E-state index contributed by atoms with van der Waals surface area (Å²) in [6.45, 7) is 1.98. The van der Waals surface area contributed by atoms with Crippen molar-refractivity contribution in [3.8, 4) is 5.69 Å². The fourth-order valence-electron chi connectivity index (χ4n) is 1.40. The molecule has 1 aromatic heterocycles. The molecule has 2 aromatic rings. The molecule has 0 saturated heterocycles. The van der Waals surface area contributed by atoms with Crippen molar-refractivity contribution in [1.82, 2.24) is 15.0 Å². The van der Waals surface area contributed by atoms with E-state index in [1.165, 1.54) is 0 Å². The van der Waals surface area contributed by atoms with Crippen LogP contribution in [0.25, 0.3) is 5.69 Å². The van der Waals surface area contributed by atoms with Crippen molar-refractivity contribution >= 4 is 6.21 Å². The van der Waals surface area contributed by atoms with Crippen LogP contribution in [0.2, 0.25) is 0 Å². The fourth-order valence-corrected chi connectivity index (χ4v) is 1.40. The normalized spacial score (nSPS) is 11.1. The van der Waals surface area contributed by atoms with Gasteiger partial charge in [0.05, 0.1) is 17.6 Å². The summed E-state index contributed by atoms with van der Waals surface area (Å²) < 4.78 is 1.80. The predicted octanol–water partition coefficient (Wildman–Crippen LogP) is 1.62. The highest BCUT2D eigenvalue weighted by molar-refractivity contribution is 5.78. The van der Waals surface area contributed by atoms with E-state index in [0.29, 0.717) is 0 Å². The molecule has 0 radical (unpaired) electrons. The minimum Gasteiger partial charge on any atom is -0.294 e. The minimum atomic E-state index is 0.807. The number of para-hydroxylation sites is 1. The van der Waals surface area contributed by atoms with Crippen LogP contribution in [0.5, 0.6) is 0 Å². The van der Waals surface area contributed by atoms with E-state index in [1.807, 2.05) is 37.3 Å². The van der Waals surface area contributed by atoms with Gasteiger partial charge < -0.3 is 0 Å². The standard InChI is InChI=1S/C11H12N4/c1-9-11(8-12-2)13-14-15(9)10-6-4-3-5-7-10/h3-8H,1-2H3. The molecule has 0 N–H and O–H groups in total. The summed E-state index contributed by atoms with van der Waals surface area (Å²) in [5.74, 6) is 0. The van der Waals surface area contributed by atoms with Gasteiger partial charge in [-0.1, -0.05) is 23.4 Å². The van der Waals surface area contributed by atoms with Gasteiger partial charge in [-0.3, -0.25) is 4.99 Å². The highest BCUT2D eigenvalue weighted by atomic mass is 15.4. The van der Waals surface area contributed by atoms with Gasteiger partial charge >= 0.3 is 0 Å². The topological polar surface area (TPSA) is 43.1 Å². The monoisotopic (exact) mass is 200 g/mol. The second-order valence-corrected chi connectivity index (χ2v) is 3.19. The van der Waals surface area contributed by atoms with E-state index in [-0.39, 0.29) is 0 Å². The van der Waals surface area contributed by atoms with Gasteiger partial charge in [0.25, 0.3) is 0 Å². The molecule has 0 aliphatic rings. The smallest absolute Gasteiger partial charge is 0.126 e. The third-order valence-corrected chi connectivity index (χ3v) is 2.18. The van der Waals surface area contributed by atoms with Crippen LogP contribution in [-0.4, -0.2) is 28.3 Å². The van der Waals surface area contributed by atoms with Gasteiger partial charge in [0.2, 0.25) is 0 Å².